The van der Waals surface area contributed by atoms with Crippen LogP contribution in [0.15, 0.2) is 24.3 Å². The summed E-state index contributed by atoms with van der Waals surface area (Å²) in [5.41, 5.74) is 2.88. The van der Waals surface area contributed by atoms with Crippen molar-refractivity contribution in [3.8, 4) is 0 Å². The van der Waals surface area contributed by atoms with Gasteiger partial charge in [-0.1, -0.05) is 38.8 Å². The molecule has 0 aliphatic carbocycles. The molecule has 2 nitrogen and oxygen atoms in total. The fraction of sp³-hybridized carbons (Fsp3) is 0.684. The molecule has 0 aromatic heterocycles. The molecule has 0 radical (unpaired) electrons. The van der Waals surface area contributed by atoms with Crippen LogP contribution < -0.4 is 10.2 Å². The Bertz CT molecular complexity index is 385. The zero-order valence-electron chi connectivity index (χ0n) is 14.9. The van der Waals surface area contributed by atoms with Crippen molar-refractivity contribution in [1.29, 1.82) is 0 Å². The molecule has 2 heteroatoms. The van der Waals surface area contributed by atoms with Gasteiger partial charge < -0.3 is 10.2 Å². The summed E-state index contributed by atoms with van der Waals surface area (Å²) in [7, 11) is 0. The summed E-state index contributed by atoms with van der Waals surface area (Å²) < 4.78 is 0. The minimum Gasteiger partial charge on any atom is -0.372 e. The van der Waals surface area contributed by atoms with Crippen LogP contribution in [0.5, 0.6) is 0 Å². The van der Waals surface area contributed by atoms with Gasteiger partial charge in [-0.25, -0.2) is 0 Å². The van der Waals surface area contributed by atoms with Crippen molar-refractivity contribution in [2.75, 3.05) is 18.0 Å². The number of hydrogen-bond donors (Lipinski definition) is 1. The second-order valence-electron chi connectivity index (χ2n) is 6.99. The van der Waals surface area contributed by atoms with Gasteiger partial charge >= 0.3 is 0 Å². The molecule has 1 aromatic rings. The Kier molecular flexibility index (Phi) is 7.24. The molecule has 0 saturated heterocycles. The highest BCUT2D eigenvalue weighted by molar-refractivity contribution is 5.47. The maximum absolute atomic E-state index is 3.54. The van der Waals surface area contributed by atoms with Crippen LogP contribution in [0.2, 0.25) is 0 Å². The van der Waals surface area contributed by atoms with Crippen LogP contribution in [0.3, 0.4) is 0 Å². The lowest BCUT2D eigenvalue weighted by Crippen LogP contribution is -2.35. The van der Waals surface area contributed by atoms with Crippen LogP contribution in [0.4, 0.5) is 5.69 Å². The van der Waals surface area contributed by atoms with Crippen LogP contribution in [0, 0.1) is 5.92 Å². The van der Waals surface area contributed by atoms with Crippen LogP contribution in [0.1, 0.15) is 59.9 Å². The van der Waals surface area contributed by atoms with Gasteiger partial charge in [0.25, 0.3) is 0 Å². The van der Waals surface area contributed by atoms with Crippen molar-refractivity contribution in [3.05, 3.63) is 29.8 Å². The molecule has 0 amide bonds. The average molecular weight is 290 g/mol. The SMILES string of the molecule is CCC(CC)CN(CC)c1ccc(CNC(C)(C)C)cc1. The summed E-state index contributed by atoms with van der Waals surface area (Å²) >= 11 is 0. The molecule has 0 atom stereocenters. The Morgan fingerprint density at radius 2 is 1.57 bits per heavy atom. The zero-order valence-corrected chi connectivity index (χ0v) is 14.9. The maximum atomic E-state index is 3.54. The molecule has 0 fully saturated rings. The lowest BCUT2D eigenvalue weighted by atomic mass is 10.0. The number of nitrogens with one attached hydrogen (secondary N) is 1. The van der Waals surface area contributed by atoms with Gasteiger partial charge in [-0.05, 0) is 51.3 Å². The normalized spacial score (nSPS) is 12.0. The summed E-state index contributed by atoms with van der Waals surface area (Å²) in [4.78, 5) is 2.50. The average Bonchev–Trinajstić information content (AvgIpc) is 2.46. The van der Waals surface area contributed by atoms with E-state index in [0.29, 0.717) is 0 Å². The minimum absolute atomic E-state index is 0.170. The van der Waals surface area contributed by atoms with E-state index in [1.807, 2.05) is 0 Å². The molecule has 0 heterocycles. The first kappa shape index (κ1) is 18.0. The van der Waals surface area contributed by atoms with Gasteiger partial charge in [0.15, 0.2) is 0 Å². The van der Waals surface area contributed by atoms with E-state index in [1.165, 1.54) is 30.6 Å². The van der Waals surface area contributed by atoms with Gasteiger partial charge in [-0.3, -0.25) is 0 Å². The lowest BCUT2D eigenvalue weighted by molar-refractivity contribution is 0.424. The summed E-state index contributed by atoms with van der Waals surface area (Å²) in [6.07, 6.45) is 2.53. The van der Waals surface area contributed by atoms with Crippen molar-refractivity contribution in [2.24, 2.45) is 5.92 Å². The number of rotatable bonds is 8. The van der Waals surface area contributed by atoms with Crippen LogP contribution in [0.25, 0.3) is 0 Å². The van der Waals surface area contributed by atoms with E-state index in [9.17, 15) is 0 Å². The molecule has 0 aliphatic rings. The van der Waals surface area contributed by atoms with E-state index in [2.05, 4.69) is 76.0 Å². The van der Waals surface area contributed by atoms with Crippen LogP contribution in [-0.2, 0) is 6.54 Å². The van der Waals surface area contributed by atoms with Crippen LogP contribution >= 0.6 is 0 Å². The second-order valence-corrected chi connectivity index (χ2v) is 6.99. The number of benzene rings is 1. The number of hydrogen-bond acceptors (Lipinski definition) is 2. The molecule has 0 bridgehead atoms. The summed E-state index contributed by atoms with van der Waals surface area (Å²) in [6.45, 7) is 16.6. The Morgan fingerprint density at radius 1 is 1.00 bits per heavy atom. The zero-order chi connectivity index (χ0) is 15.9. The monoisotopic (exact) mass is 290 g/mol. The maximum Gasteiger partial charge on any atom is 0.0366 e. The quantitative estimate of drug-likeness (QED) is 0.737. The molecule has 1 aromatic carbocycles. The minimum atomic E-state index is 0.170. The molecule has 1 rings (SSSR count). The number of anilines is 1. The highest BCUT2D eigenvalue weighted by Crippen LogP contribution is 2.19. The topological polar surface area (TPSA) is 15.3 Å². The largest absolute Gasteiger partial charge is 0.372 e. The van der Waals surface area contributed by atoms with Gasteiger partial charge in [0.2, 0.25) is 0 Å². The van der Waals surface area contributed by atoms with Gasteiger partial charge in [0, 0.05) is 30.9 Å². The van der Waals surface area contributed by atoms with Crippen LogP contribution in [-0.4, -0.2) is 18.6 Å². The molecule has 120 valence electrons. The molecular formula is C19H34N2. The Morgan fingerprint density at radius 3 is 2.00 bits per heavy atom. The van der Waals surface area contributed by atoms with E-state index in [0.717, 1.165) is 19.0 Å². The fourth-order valence-electron chi connectivity index (χ4n) is 2.47. The Labute approximate surface area is 131 Å². The van der Waals surface area contributed by atoms with E-state index >= 15 is 0 Å². The smallest absolute Gasteiger partial charge is 0.0366 e. The molecule has 0 saturated carbocycles. The van der Waals surface area contributed by atoms with E-state index in [-0.39, 0.29) is 5.54 Å². The van der Waals surface area contributed by atoms with Crippen molar-refractivity contribution < 1.29 is 0 Å². The molecule has 21 heavy (non-hydrogen) atoms. The Balaban J connectivity index is 2.66. The Hall–Kier alpha value is -1.02. The third-order valence-electron chi connectivity index (χ3n) is 4.14. The van der Waals surface area contributed by atoms with Crippen molar-refractivity contribution in [2.45, 2.75) is 66.5 Å². The third-order valence-corrected chi connectivity index (χ3v) is 4.14. The molecular weight excluding hydrogens is 256 g/mol. The fourth-order valence-corrected chi connectivity index (χ4v) is 2.47. The highest BCUT2D eigenvalue weighted by atomic mass is 15.1. The predicted octanol–water partition coefficient (Wildman–Crippen LogP) is 4.84. The van der Waals surface area contributed by atoms with E-state index < -0.39 is 0 Å². The van der Waals surface area contributed by atoms with Crippen molar-refractivity contribution in [3.63, 3.8) is 0 Å². The molecule has 0 spiro atoms. The number of nitrogens with zero attached hydrogens (tertiary/aromatic N) is 1. The molecule has 0 unspecified atom stereocenters. The molecule has 1 N–H and O–H groups in total. The van der Waals surface area contributed by atoms with Gasteiger partial charge in [0.1, 0.15) is 0 Å². The summed E-state index contributed by atoms with van der Waals surface area (Å²) in [6, 6.07) is 9.05. The first-order valence-electron chi connectivity index (χ1n) is 8.48. The van der Waals surface area contributed by atoms with Crippen molar-refractivity contribution >= 4 is 5.69 Å². The highest BCUT2D eigenvalue weighted by Gasteiger charge is 2.11. The van der Waals surface area contributed by atoms with Gasteiger partial charge in [-0.15, -0.1) is 0 Å². The van der Waals surface area contributed by atoms with Crippen molar-refractivity contribution in [1.82, 2.24) is 5.32 Å². The predicted molar refractivity (Wildman–Crippen MR) is 95.0 cm³/mol. The van der Waals surface area contributed by atoms with Gasteiger partial charge in [0.05, 0.1) is 0 Å². The second kappa shape index (κ2) is 8.43. The van der Waals surface area contributed by atoms with E-state index in [4.69, 9.17) is 0 Å². The standard InChI is InChI=1S/C19H34N2/c1-7-16(8-2)15-21(9-3)18-12-10-17(11-13-18)14-20-19(4,5)6/h10-13,16,20H,7-9,14-15H2,1-6H3. The molecule has 0 aliphatic heterocycles. The summed E-state index contributed by atoms with van der Waals surface area (Å²) in [5, 5.41) is 3.54. The first-order valence-corrected chi connectivity index (χ1v) is 8.48. The van der Waals surface area contributed by atoms with Gasteiger partial charge in [-0.2, -0.15) is 0 Å². The summed E-state index contributed by atoms with van der Waals surface area (Å²) in [5.74, 6) is 0.798. The van der Waals surface area contributed by atoms with E-state index in [1.54, 1.807) is 0 Å². The third kappa shape index (κ3) is 6.52. The lowest BCUT2D eigenvalue weighted by Gasteiger charge is -2.28. The first-order chi connectivity index (χ1) is 9.89.